The molecule has 0 aliphatic heterocycles. The van der Waals surface area contributed by atoms with Gasteiger partial charge in [0.1, 0.15) is 5.76 Å². The van der Waals surface area contributed by atoms with Crippen molar-refractivity contribution in [3.63, 3.8) is 0 Å². The Morgan fingerprint density at radius 2 is 1.53 bits per heavy atom. The van der Waals surface area contributed by atoms with Crippen LogP contribution in [-0.2, 0) is 23.4 Å². The molecule has 0 bridgehead atoms. The number of alkyl halides is 3. The predicted molar refractivity (Wildman–Crippen MR) is 127 cm³/mol. The average Bonchev–Trinajstić information content (AvgIpc) is 3.21. The van der Waals surface area contributed by atoms with Gasteiger partial charge in [-0.2, -0.15) is 13.2 Å². The molecule has 1 N–H and O–H groups in total. The van der Waals surface area contributed by atoms with Gasteiger partial charge in [-0.3, -0.25) is 4.79 Å². The Balaban J connectivity index is 1.51. The summed E-state index contributed by atoms with van der Waals surface area (Å²) in [6.45, 7) is 11.3. The van der Waals surface area contributed by atoms with Crippen LogP contribution in [-0.4, -0.2) is 5.91 Å². The van der Waals surface area contributed by atoms with Gasteiger partial charge in [0.25, 0.3) is 5.91 Å². The van der Waals surface area contributed by atoms with Gasteiger partial charge >= 0.3 is 6.18 Å². The molecule has 6 heteroatoms. The lowest BCUT2D eigenvalue weighted by atomic mass is 9.62. The van der Waals surface area contributed by atoms with Crippen molar-refractivity contribution in [3.05, 3.63) is 87.9 Å². The third kappa shape index (κ3) is 4.77. The van der Waals surface area contributed by atoms with E-state index in [1.807, 2.05) is 0 Å². The zero-order valence-corrected chi connectivity index (χ0v) is 20.2. The fraction of sp³-hybridized carbons (Fsp3) is 0.393. The van der Waals surface area contributed by atoms with E-state index >= 15 is 0 Å². The molecule has 1 aliphatic carbocycles. The van der Waals surface area contributed by atoms with Crippen LogP contribution in [0.5, 0.6) is 0 Å². The molecule has 0 unspecified atom stereocenters. The third-order valence-electron chi connectivity index (χ3n) is 7.03. The van der Waals surface area contributed by atoms with Gasteiger partial charge in [0, 0.05) is 12.1 Å². The number of halogens is 3. The SMILES string of the molecule is Cc1cc2c(cc1Cc1ccc(C(=O)Nc3ccc(C(F)(F)F)cc3)o1)C(C)(C)CCC2(C)C. The maximum atomic E-state index is 12.7. The van der Waals surface area contributed by atoms with Crippen molar-refractivity contribution < 1.29 is 22.4 Å². The minimum atomic E-state index is -4.42. The van der Waals surface area contributed by atoms with Crippen LogP contribution < -0.4 is 5.32 Å². The maximum absolute atomic E-state index is 12.7. The van der Waals surface area contributed by atoms with Crippen molar-refractivity contribution in [3.8, 4) is 0 Å². The van der Waals surface area contributed by atoms with Gasteiger partial charge < -0.3 is 9.73 Å². The first-order valence-corrected chi connectivity index (χ1v) is 11.5. The molecule has 3 aromatic rings. The number of aryl methyl sites for hydroxylation is 1. The van der Waals surface area contributed by atoms with E-state index in [1.54, 1.807) is 12.1 Å². The Morgan fingerprint density at radius 3 is 2.12 bits per heavy atom. The molecule has 0 saturated carbocycles. The van der Waals surface area contributed by atoms with Crippen LogP contribution in [0.4, 0.5) is 18.9 Å². The number of benzene rings is 2. The highest BCUT2D eigenvalue weighted by atomic mass is 19.4. The topological polar surface area (TPSA) is 42.2 Å². The average molecular weight is 470 g/mol. The van der Waals surface area contributed by atoms with E-state index in [2.05, 4.69) is 52.1 Å². The molecular weight excluding hydrogens is 439 g/mol. The van der Waals surface area contributed by atoms with Gasteiger partial charge in [-0.05, 0) is 89.2 Å². The second kappa shape index (κ2) is 8.33. The second-order valence-corrected chi connectivity index (χ2v) is 10.6. The van der Waals surface area contributed by atoms with Crippen molar-refractivity contribution in [1.82, 2.24) is 0 Å². The van der Waals surface area contributed by atoms with E-state index in [0.717, 1.165) is 30.5 Å². The first-order valence-electron chi connectivity index (χ1n) is 11.5. The zero-order valence-electron chi connectivity index (χ0n) is 20.2. The van der Waals surface area contributed by atoms with E-state index in [-0.39, 0.29) is 22.3 Å². The van der Waals surface area contributed by atoms with Gasteiger partial charge in [-0.25, -0.2) is 0 Å². The Labute approximate surface area is 198 Å². The number of carbonyl (C=O) groups is 1. The predicted octanol–water partition coefficient (Wildman–Crippen LogP) is 7.80. The standard InChI is InChI=1S/C28H30F3NO2/c1-17-14-22-23(27(4,5)13-12-26(22,2)3)16-18(17)15-21-10-11-24(34-21)25(33)32-20-8-6-19(7-9-20)28(29,30)31/h6-11,14,16H,12-13,15H2,1-5H3,(H,32,33). The van der Waals surface area contributed by atoms with E-state index in [4.69, 9.17) is 4.42 Å². The number of anilines is 1. The summed E-state index contributed by atoms with van der Waals surface area (Å²) in [7, 11) is 0. The molecule has 0 saturated heterocycles. The highest BCUT2D eigenvalue weighted by Crippen LogP contribution is 2.46. The first-order chi connectivity index (χ1) is 15.8. The Bertz CT molecular complexity index is 1220. The number of furan rings is 1. The molecule has 1 aliphatic rings. The first kappa shape index (κ1) is 24.1. The van der Waals surface area contributed by atoms with Crippen molar-refractivity contribution in [2.75, 3.05) is 5.32 Å². The van der Waals surface area contributed by atoms with Crippen LogP contribution >= 0.6 is 0 Å². The fourth-order valence-corrected chi connectivity index (χ4v) is 4.68. The Kier molecular flexibility index (Phi) is 5.91. The highest BCUT2D eigenvalue weighted by Gasteiger charge is 2.37. The molecular formula is C28H30F3NO2. The van der Waals surface area contributed by atoms with E-state index in [9.17, 15) is 18.0 Å². The maximum Gasteiger partial charge on any atom is 0.416 e. The lowest BCUT2D eigenvalue weighted by Crippen LogP contribution is -2.34. The lowest BCUT2D eigenvalue weighted by Gasteiger charge is -2.42. The highest BCUT2D eigenvalue weighted by molar-refractivity contribution is 6.02. The van der Waals surface area contributed by atoms with Gasteiger partial charge in [0.2, 0.25) is 0 Å². The largest absolute Gasteiger partial charge is 0.456 e. The normalized spacial score (nSPS) is 16.7. The number of rotatable bonds is 4. The molecule has 4 rings (SSSR count). The fourth-order valence-electron chi connectivity index (χ4n) is 4.68. The summed E-state index contributed by atoms with van der Waals surface area (Å²) < 4.78 is 44.0. The minimum absolute atomic E-state index is 0.100. The summed E-state index contributed by atoms with van der Waals surface area (Å²) in [5.41, 5.74) is 4.87. The molecule has 180 valence electrons. The van der Waals surface area contributed by atoms with Crippen LogP contribution in [0, 0.1) is 6.92 Å². The zero-order chi connectivity index (χ0) is 24.9. The number of fused-ring (bicyclic) bond motifs is 1. The number of hydrogen-bond acceptors (Lipinski definition) is 2. The molecule has 1 aromatic heterocycles. The summed E-state index contributed by atoms with van der Waals surface area (Å²) in [4.78, 5) is 12.5. The van der Waals surface area contributed by atoms with E-state index < -0.39 is 17.6 Å². The summed E-state index contributed by atoms with van der Waals surface area (Å²) in [5.74, 6) is 0.275. The molecule has 2 aromatic carbocycles. The number of hydrogen-bond donors (Lipinski definition) is 1. The summed E-state index contributed by atoms with van der Waals surface area (Å²) in [6.07, 6.45) is -1.58. The summed E-state index contributed by atoms with van der Waals surface area (Å²) >= 11 is 0. The molecule has 0 radical (unpaired) electrons. The number of amides is 1. The summed E-state index contributed by atoms with van der Waals surface area (Å²) in [6, 6.07) is 12.3. The molecule has 1 heterocycles. The van der Waals surface area contributed by atoms with Gasteiger partial charge in [-0.1, -0.05) is 39.8 Å². The van der Waals surface area contributed by atoms with Crippen LogP contribution in [0.3, 0.4) is 0 Å². The van der Waals surface area contributed by atoms with E-state index in [0.29, 0.717) is 12.2 Å². The molecule has 0 fully saturated rings. The van der Waals surface area contributed by atoms with Crippen molar-refractivity contribution >= 4 is 11.6 Å². The molecule has 3 nitrogen and oxygen atoms in total. The molecule has 0 atom stereocenters. The Hall–Kier alpha value is -3.02. The number of nitrogens with one attached hydrogen (secondary N) is 1. The van der Waals surface area contributed by atoms with Crippen LogP contribution in [0.25, 0.3) is 0 Å². The third-order valence-corrected chi connectivity index (χ3v) is 7.03. The minimum Gasteiger partial charge on any atom is -0.456 e. The summed E-state index contributed by atoms with van der Waals surface area (Å²) in [5, 5.41) is 2.59. The van der Waals surface area contributed by atoms with Crippen LogP contribution in [0.1, 0.15) is 84.7 Å². The smallest absolute Gasteiger partial charge is 0.416 e. The molecule has 34 heavy (non-hydrogen) atoms. The monoisotopic (exact) mass is 469 g/mol. The van der Waals surface area contributed by atoms with Crippen LogP contribution in [0.2, 0.25) is 0 Å². The van der Waals surface area contributed by atoms with Crippen LogP contribution in [0.15, 0.2) is 52.9 Å². The van der Waals surface area contributed by atoms with Gasteiger partial charge in [-0.15, -0.1) is 0 Å². The number of carbonyl (C=O) groups excluding carboxylic acids is 1. The Morgan fingerprint density at radius 1 is 0.941 bits per heavy atom. The van der Waals surface area contributed by atoms with Crippen molar-refractivity contribution in [1.29, 1.82) is 0 Å². The van der Waals surface area contributed by atoms with Crippen molar-refractivity contribution in [2.45, 2.75) is 70.9 Å². The van der Waals surface area contributed by atoms with Gasteiger partial charge in [0.15, 0.2) is 5.76 Å². The van der Waals surface area contributed by atoms with Crippen molar-refractivity contribution in [2.24, 2.45) is 0 Å². The second-order valence-electron chi connectivity index (χ2n) is 10.6. The molecule has 0 spiro atoms. The van der Waals surface area contributed by atoms with E-state index in [1.165, 1.54) is 28.8 Å². The molecule has 1 amide bonds. The lowest BCUT2D eigenvalue weighted by molar-refractivity contribution is -0.137. The van der Waals surface area contributed by atoms with Gasteiger partial charge in [0.05, 0.1) is 5.56 Å². The quantitative estimate of drug-likeness (QED) is 0.424.